The van der Waals surface area contributed by atoms with Gasteiger partial charge in [-0.15, -0.1) is 0 Å². The summed E-state index contributed by atoms with van der Waals surface area (Å²) in [5.41, 5.74) is 0.648. The molecule has 0 spiro atoms. The number of amides is 2. The Labute approximate surface area is 207 Å². The van der Waals surface area contributed by atoms with Crippen LogP contribution in [0.5, 0.6) is 0 Å². The number of hydrogen-bond donors (Lipinski definition) is 3. The number of hydrogen-bond acceptors (Lipinski definition) is 6. The van der Waals surface area contributed by atoms with E-state index < -0.39 is 11.5 Å². The van der Waals surface area contributed by atoms with E-state index in [0.29, 0.717) is 30.4 Å². The lowest BCUT2D eigenvalue weighted by Gasteiger charge is -2.46. The molecule has 8 nitrogen and oxygen atoms in total. The Morgan fingerprint density at radius 1 is 1.09 bits per heavy atom. The van der Waals surface area contributed by atoms with Crippen molar-refractivity contribution in [3.63, 3.8) is 0 Å². The molecule has 1 aromatic heterocycles. The molecule has 1 aliphatic heterocycles. The van der Waals surface area contributed by atoms with Gasteiger partial charge in [0, 0.05) is 60.3 Å². The predicted molar refractivity (Wildman–Crippen MR) is 140 cm³/mol. The Kier molecular flexibility index (Phi) is 8.26. The lowest BCUT2D eigenvalue weighted by Crippen LogP contribution is -2.62. The number of nitrogens with one attached hydrogen (secondary N) is 3. The molecule has 0 bridgehead atoms. The lowest BCUT2D eigenvalue weighted by atomic mass is 9.79. The van der Waals surface area contributed by atoms with Crippen LogP contribution in [0.3, 0.4) is 0 Å². The second-order valence-corrected chi connectivity index (χ2v) is 10.8. The van der Waals surface area contributed by atoms with E-state index in [1.807, 2.05) is 18.2 Å². The number of benzene rings is 1. The molecule has 0 aliphatic carbocycles. The molecule has 3 rings (SSSR count). The van der Waals surface area contributed by atoms with Crippen LogP contribution in [0.2, 0.25) is 0 Å². The summed E-state index contributed by atoms with van der Waals surface area (Å²) in [5, 5.41) is 10.2. The number of fused-ring (bicyclic) bond motifs is 1. The van der Waals surface area contributed by atoms with Gasteiger partial charge in [-0.3, -0.25) is 9.59 Å². The minimum Gasteiger partial charge on any atom is -0.422 e. The maximum Gasteiger partial charge on any atom is 0.349 e. The fraction of sp³-hybridized carbons (Fsp3) is 0.593. The van der Waals surface area contributed by atoms with E-state index in [1.54, 1.807) is 6.07 Å². The summed E-state index contributed by atoms with van der Waals surface area (Å²) in [6.45, 7) is 14.7. The molecule has 8 heteroatoms. The number of carbonyl (C=O) groups is 2. The summed E-state index contributed by atoms with van der Waals surface area (Å²) in [6, 6.07) is 7.33. The molecule has 192 valence electrons. The average molecular weight is 485 g/mol. The molecule has 2 aromatic rings. The summed E-state index contributed by atoms with van der Waals surface area (Å²) in [7, 11) is 0. The monoisotopic (exact) mass is 484 g/mol. The highest BCUT2D eigenvalue weighted by Gasteiger charge is 2.38. The summed E-state index contributed by atoms with van der Waals surface area (Å²) in [6.07, 6.45) is 2.53. The molecule has 0 atom stereocenters. The zero-order chi connectivity index (χ0) is 25.8. The molecule has 0 saturated carbocycles. The van der Waals surface area contributed by atoms with Gasteiger partial charge in [-0.2, -0.15) is 0 Å². The van der Waals surface area contributed by atoms with Gasteiger partial charge in [0.15, 0.2) is 0 Å². The van der Waals surface area contributed by atoms with E-state index in [2.05, 4.69) is 62.4 Å². The summed E-state index contributed by atoms with van der Waals surface area (Å²) in [4.78, 5) is 39.7. The van der Waals surface area contributed by atoms with Gasteiger partial charge in [0.05, 0.1) is 0 Å². The fourth-order valence-electron chi connectivity index (χ4n) is 5.31. The molecule has 35 heavy (non-hydrogen) atoms. The van der Waals surface area contributed by atoms with Gasteiger partial charge in [-0.25, -0.2) is 4.79 Å². The van der Waals surface area contributed by atoms with Crippen molar-refractivity contribution in [2.24, 2.45) is 0 Å². The molecular weight excluding hydrogens is 444 g/mol. The topological polar surface area (TPSA) is 104 Å². The van der Waals surface area contributed by atoms with Crippen molar-refractivity contribution in [1.82, 2.24) is 16.0 Å². The largest absolute Gasteiger partial charge is 0.422 e. The summed E-state index contributed by atoms with van der Waals surface area (Å²) >= 11 is 0. The molecule has 0 radical (unpaired) electrons. The first-order chi connectivity index (χ1) is 16.4. The van der Waals surface area contributed by atoms with Crippen LogP contribution in [0.15, 0.2) is 33.5 Å². The van der Waals surface area contributed by atoms with Crippen molar-refractivity contribution in [2.45, 2.75) is 84.3 Å². The minimum absolute atomic E-state index is 0.0213. The van der Waals surface area contributed by atoms with Crippen molar-refractivity contribution in [3.05, 3.63) is 40.2 Å². The third-order valence-corrected chi connectivity index (χ3v) is 6.51. The quantitative estimate of drug-likeness (QED) is 0.371. The van der Waals surface area contributed by atoms with E-state index in [-0.39, 0.29) is 28.6 Å². The van der Waals surface area contributed by atoms with Crippen molar-refractivity contribution in [2.75, 3.05) is 24.5 Å². The van der Waals surface area contributed by atoms with Crippen LogP contribution in [0, 0.1) is 0 Å². The Bertz CT molecular complexity index is 1100. The van der Waals surface area contributed by atoms with Crippen molar-refractivity contribution in [1.29, 1.82) is 0 Å². The fourth-order valence-corrected chi connectivity index (χ4v) is 5.31. The van der Waals surface area contributed by atoms with Gasteiger partial charge in [-0.1, -0.05) is 0 Å². The Morgan fingerprint density at radius 3 is 2.37 bits per heavy atom. The molecule has 0 unspecified atom stereocenters. The van der Waals surface area contributed by atoms with Gasteiger partial charge in [0.25, 0.3) is 5.91 Å². The predicted octanol–water partition coefficient (Wildman–Crippen LogP) is 3.57. The van der Waals surface area contributed by atoms with Gasteiger partial charge >= 0.3 is 5.63 Å². The number of anilines is 1. The Morgan fingerprint density at radius 2 is 1.74 bits per heavy atom. The van der Waals surface area contributed by atoms with Crippen LogP contribution in [0.25, 0.3) is 11.0 Å². The molecule has 3 N–H and O–H groups in total. The van der Waals surface area contributed by atoms with Gasteiger partial charge in [0.1, 0.15) is 11.1 Å². The average Bonchev–Trinajstić information content (AvgIpc) is 2.74. The van der Waals surface area contributed by atoms with Crippen LogP contribution in [-0.4, -0.2) is 48.6 Å². The molecule has 2 heterocycles. The second kappa shape index (κ2) is 10.8. The van der Waals surface area contributed by atoms with Crippen LogP contribution in [0.1, 0.15) is 77.6 Å². The van der Waals surface area contributed by atoms with Crippen LogP contribution < -0.4 is 26.5 Å². The normalized spacial score (nSPS) is 17.2. The maximum absolute atomic E-state index is 12.6. The third-order valence-electron chi connectivity index (χ3n) is 6.51. The Balaban J connectivity index is 1.52. The first kappa shape index (κ1) is 26.7. The zero-order valence-electron chi connectivity index (χ0n) is 21.9. The van der Waals surface area contributed by atoms with Crippen molar-refractivity contribution in [3.8, 4) is 0 Å². The highest BCUT2D eigenvalue weighted by Crippen LogP contribution is 2.28. The summed E-state index contributed by atoms with van der Waals surface area (Å²) in [5.74, 6) is -0.511. The zero-order valence-corrected chi connectivity index (χ0v) is 21.9. The third kappa shape index (κ3) is 7.07. The minimum atomic E-state index is -0.666. The molecular formula is C27H40N4O4. The Hall–Kier alpha value is -2.87. The van der Waals surface area contributed by atoms with Gasteiger partial charge in [0.2, 0.25) is 5.91 Å². The van der Waals surface area contributed by atoms with Crippen LogP contribution in [0.4, 0.5) is 5.69 Å². The van der Waals surface area contributed by atoms with Crippen LogP contribution in [-0.2, 0) is 4.79 Å². The molecule has 1 fully saturated rings. The number of carbonyl (C=O) groups excluding carboxylic acids is 2. The second-order valence-electron chi connectivity index (χ2n) is 10.8. The first-order valence-corrected chi connectivity index (χ1v) is 12.6. The number of rotatable bonds is 9. The highest BCUT2D eigenvalue weighted by molar-refractivity contribution is 5.97. The van der Waals surface area contributed by atoms with Crippen LogP contribution >= 0.6 is 0 Å². The smallest absolute Gasteiger partial charge is 0.349 e. The molecule has 1 aromatic carbocycles. The van der Waals surface area contributed by atoms with E-state index in [4.69, 9.17) is 4.42 Å². The lowest BCUT2D eigenvalue weighted by molar-refractivity contribution is -0.122. The SMILES string of the molecule is CCN(CC)c1ccc2cc(C(=O)NCCCC(=O)NC3CC(C)(C)NC(C)(C)C3)c(=O)oc2c1. The highest BCUT2D eigenvalue weighted by atomic mass is 16.4. The van der Waals surface area contributed by atoms with E-state index in [0.717, 1.165) is 31.6 Å². The number of piperidine rings is 1. The van der Waals surface area contributed by atoms with Gasteiger partial charge in [-0.05, 0) is 79.0 Å². The molecule has 1 saturated heterocycles. The maximum atomic E-state index is 12.6. The molecule has 2 amide bonds. The van der Waals surface area contributed by atoms with E-state index in [1.165, 1.54) is 0 Å². The first-order valence-electron chi connectivity index (χ1n) is 12.6. The van der Waals surface area contributed by atoms with E-state index in [9.17, 15) is 14.4 Å². The van der Waals surface area contributed by atoms with Gasteiger partial charge < -0.3 is 25.3 Å². The van der Waals surface area contributed by atoms with Crippen molar-refractivity contribution >= 4 is 28.5 Å². The van der Waals surface area contributed by atoms with Crippen molar-refractivity contribution < 1.29 is 14.0 Å². The number of nitrogens with zero attached hydrogens (tertiary/aromatic N) is 1. The standard InChI is InChI=1S/C27H40N4O4/c1-7-31(8-2)20-12-11-18-14-21(25(34)35-22(18)15-20)24(33)28-13-9-10-23(32)29-19-16-26(3,4)30-27(5,6)17-19/h11-12,14-15,19,30H,7-10,13,16-17H2,1-6H3,(H,28,33)(H,29,32). The summed E-state index contributed by atoms with van der Waals surface area (Å²) < 4.78 is 5.44. The van der Waals surface area contributed by atoms with E-state index >= 15 is 0 Å². The molecule has 1 aliphatic rings.